The van der Waals surface area contributed by atoms with Crippen LogP contribution in [0.1, 0.15) is 24.2 Å². The summed E-state index contributed by atoms with van der Waals surface area (Å²) in [4.78, 5) is 24.2. The molecule has 0 bridgehead atoms. The minimum atomic E-state index is -0.603. The quantitative estimate of drug-likeness (QED) is 0.475. The average Bonchev–Trinajstić information content (AvgIpc) is 2.36. The van der Waals surface area contributed by atoms with Gasteiger partial charge in [-0.15, -0.1) is 0 Å². The van der Waals surface area contributed by atoms with Crippen molar-refractivity contribution in [1.82, 2.24) is 4.90 Å². The highest BCUT2D eigenvalue weighted by atomic mass is 79.9. The number of nitro benzene ring substituents is 1. The van der Waals surface area contributed by atoms with Crippen molar-refractivity contribution in [3.05, 3.63) is 38.9 Å². The van der Waals surface area contributed by atoms with E-state index in [1.807, 2.05) is 13.8 Å². The molecule has 1 rings (SSSR count). The van der Waals surface area contributed by atoms with E-state index in [1.165, 1.54) is 23.1 Å². The highest BCUT2D eigenvalue weighted by Crippen LogP contribution is 2.26. The molecule has 1 aromatic rings. The average molecular weight is 350 g/mol. The summed E-state index contributed by atoms with van der Waals surface area (Å²) in [7, 11) is 1.61. The number of amides is 1. The lowest BCUT2D eigenvalue weighted by Crippen LogP contribution is -2.46. The van der Waals surface area contributed by atoms with E-state index in [0.29, 0.717) is 5.33 Å². The minimum Gasteiger partial charge on any atom is -0.336 e. The van der Waals surface area contributed by atoms with Gasteiger partial charge in [-0.3, -0.25) is 14.9 Å². The third-order valence-electron chi connectivity index (χ3n) is 2.93. The Bertz CT molecular complexity index is 520. The molecule has 104 valence electrons. The van der Waals surface area contributed by atoms with Gasteiger partial charge >= 0.3 is 0 Å². The van der Waals surface area contributed by atoms with Crippen molar-refractivity contribution in [2.24, 2.45) is 0 Å². The number of carbonyl (C=O) groups is 1. The maximum absolute atomic E-state index is 12.3. The number of halogens is 2. The van der Waals surface area contributed by atoms with Crippen LogP contribution in [0.5, 0.6) is 0 Å². The van der Waals surface area contributed by atoms with Crippen molar-refractivity contribution in [3.8, 4) is 0 Å². The first-order valence-electron chi connectivity index (χ1n) is 5.49. The summed E-state index contributed by atoms with van der Waals surface area (Å²) in [5.74, 6) is -0.409. The Morgan fingerprint density at radius 1 is 1.53 bits per heavy atom. The molecule has 7 heteroatoms. The van der Waals surface area contributed by atoms with Gasteiger partial charge in [-0.2, -0.15) is 0 Å². The van der Waals surface area contributed by atoms with Gasteiger partial charge in [0.05, 0.1) is 4.92 Å². The molecule has 0 aromatic heterocycles. The number of nitro groups is 1. The predicted octanol–water partition coefficient (Wildman–Crippen LogP) is 3.49. The van der Waals surface area contributed by atoms with Crippen LogP contribution in [-0.2, 0) is 0 Å². The first-order valence-corrected chi connectivity index (χ1v) is 6.98. The topological polar surface area (TPSA) is 63.5 Å². The Morgan fingerprint density at radius 3 is 2.58 bits per heavy atom. The number of hydrogen-bond donors (Lipinski definition) is 0. The summed E-state index contributed by atoms with van der Waals surface area (Å²) >= 11 is 9.05. The third kappa shape index (κ3) is 3.45. The van der Waals surface area contributed by atoms with E-state index >= 15 is 0 Å². The lowest BCUT2D eigenvalue weighted by atomic mass is 10.0. The standard InChI is InChI=1S/C12H14BrClN2O3/c1-12(2,7-13)15(3)11(17)9-5-4-8(14)6-10(9)16(18)19/h4-6H,7H2,1-3H3. The fraction of sp³-hybridized carbons (Fsp3) is 0.417. The van der Waals surface area contributed by atoms with Crippen LogP contribution >= 0.6 is 27.5 Å². The van der Waals surface area contributed by atoms with Crippen LogP contribution in [0.3, 0.4) is 0 Å². The second-order valence-electron chi connectivity index (χ2n) is 4.73. The fourth-order valence-corrected chi connectivity index (χ4v) is 1.92. The van der Waals surface area contributed by atoms with Crippen LogP contribution in [0.2, 0.25) is 5.02 Å². The summed E-state index contributed by atoms with van der Waals surface area (Å²) in [6.45, 7) is 3.73. The molecule has 0 unspecified atom stereocenters. The Balaban J connectivity index is 3.24. The van der Waals surface area contributed by atoms with Crippen molar-refractivity contribution in [2.45, 2.75) is 19.4 Å². The third-order valence-corrected chi connectivity index (χ3v) is 4.53. The van der Waals surface area contributed by atoms with Crippen LogP contribution in [0.25, 0.3) is 0 Å². The molecule has 1 amide bonds. The molecule has 5 nitrogen and oxygen atoms in total. The lowest BCUT2D eigenvalue weighted by molar-refractivity contribution is -0.385. The first kappa shape index (κ1) is 15.9. The van der Waals surface area contributed by atoms with Crippen molar-refractivity contribution < 1.29 is 9.72 Å². The van der Waals surface area contributed by atoms with Gasteiger partial charge in [0.25, 0.3) is 11.6 Å². The summed E-state index contributed by atoms with van der Waals surface area (Å²) in [5.41, 5.74) is -0.703. The smallest absolute Gasteiger partial charge is 0.283 e. The summed E-state index contributed by atoms with van der Waals surface area (Å²) in [6, 6.07) is 4.03. The SMILES string of the molecule is CN(C(=O)c1ccc(Cl)cc1[N+](=O)[O-])C(C)(C)CBr. The van der Waals surface area contributed by atoms with Gasteiger partial charge in [-0.1, -0.05) is 27.5 Å². The molecule has 19 heavy (non-hydrogen) atoms. The van der Waals surface area contributed by atoms with Gasteiger partial charge in [0.15, 0.2) is 0 Å². The zero-order chi connectivity index (χ0) is 14.8. The molecule has 0 aliphatic heterocycles. The van der Waals surface area contributed by atoms with Crippen molar-refractivity contribution in [2.75, 3.05) is 12.4 Å². The second kappa shape index (κ2) is 5.88. The number of benzene rings is 1. The van der Waals surface area contributed by atoms with E-state index < -0.39 is 16.4 Å². The van der Waals surface area contributed by atoms with Gasteiger partial charge in [0, 0.05) is 29.0 Å². The molecular formula is C12H14BrClN2O3. The predicted molar refractivity (Wildman–Crippen MR) is 78.1 cm³/mol. The normalized spacial score (nSPS) is 11.2. The summed E-state index contributed by atoms with van der Waals surface area (Å²) in [6.07, 6.45) is 0. The van der Waals surface area contributed by atoms with Crippen molar-refractivity contribution >= 4 is 39.1 Å². The number of carbonyl (C=O) groups excluding carboxylic acids is 1. The molecular weight excluding hydrogens is 335 g/mol. The molecule has 1 aromatic carbocycles. The van der Waals surface area contributed by atoms with E-state index in [2.05, 4.69) is 15.9 Å². The molecule has 0 spiro atoms. The van der Waals surface area contributed by atoms with Gasteiger partial charge in [0.1, 0.15) is 5.56 Å². The molecule has 0 atom stereocenters. The Labute approximate surface area is 124 Å². The maximum atomic E-state index is 12.3. The molecule has 0 N–H and O–H groups in total. The molecule has 0 radical (unpaired) electrons. The van der Waals surface area contributed by atoms with Crippen molar-refractivity contribution in [1.29, 1.82) is 0 Å². The maximum Gasteiger partial charge on any atom is 0.283 e. The molecule has 0 aliphatic carbocycles. The van der Waals surface area contributed by atoms with E-state index in [9.17, 15) is 14.9 Å². The van der Waals surface area contributed by atoms with Gasteiger partial charge in [-0.25, -0.2) is 0 Å². The van der Waals surface area contributed by atoms with Crippen LogP contribution in [-0.4, -0.2) is 33.6 Å². The zero-order valence-electron chi connectivity index (χ0n) is 10.8. The van der Waals surface area contributed by atoms with Crippen molar-refractivity contribution in [3.63, 3.8) is 0 Å². The summed E-state index contributed by atoms with van der Waals surface area (Å²) in [5, 5.41) is 11.8. The van der Waals surface area contributed by atoms with Gasteiger partial charge < -0.3 is 4.90 Å². The Morgan fingerprint density at radius 2 is 2.11 bits per heavy atom. The molecule has 0 heterocycles. The van der Waals surface area contributed by atoms with Crippen LogP contribution < -0.4 is 0 Å². The van der Waals surface area contributed by atoms with Crippen LogP contribution in [0, 0.1) is 10.1 Å². The number of rotatable bonds is 4. The van der Waals surface area contributed by atoms with Crippen LogP contribution in [0.4, 0.5) is 5.69 Å². The van der Waals surface area contributed by atoms with E-state index in [4.69, 9.17) is 11.6 Å². The number of hydrogen-bond acceptors (Lipinski definition) is 3. The lowest BCUT2D eigenvalue weighted by Gasteiger charge is -2.34. The Kier molecular flexibility index (Phi) is 4.92. The second-order valence-corrected chi connectivity index (χ2v) is 5.73. The summed E-state index contributed by atoms with van der Waals surface area (Å²) < 4.78 is 0. The minimum absolute atomic E-state index is 0.0333. The highest BCUT2D eigenvalue weighted by molar-refractivity contribution is 9.09. The van der Waals surface area contributed by atoms with Gasteiger partial charge in [0.2, 0.25) is 0 Å². The fourth-order valence-electron chi connectivity index (χ4n) is 1.38. The highest BCUT2D eigenvalue weighted by Gasteiger charge is 2.31. The number of nitrogens with zero attached hydrogens (tertiary/aromatic N) is 2. The molecule has 0 aliphatic rings. The largest absolute Gasteiger partial charge is 0.336 e. The zero-order valence-corrected chi connectivity index (χ0v) is 13.2. The number of alkyl halides is 1. The van der Waals surface area contributed by atoms with E-state index in [1.54, 1.807) is 7.05 Å². The van der Waals surface area contributed by atoms with E-state index in [-0.39, 0.29) is 16.3 Å². The first-order chi connectivity index (χ1) is 8.70. The monoisotopic (exact) mass is 348 g/mol. The van der Waals surface area contributed by atoms with Gasteiger partial charge in [-0.05, 0) is 26.0 Å². The molecule has 0 saturated carbocycles. The molecule has 0 fully saturated rings. The molecule has 0 saturated heterocycles. The Hall–Kier alpha value is -1.14. The van der Waals surface area contributed by atoms with E-state index in [0.717, 1.165) is 0 Å². The van der Waals surface area contributed by atoms with Crippen LogP contribution in [0.15, 0.2) is 18.2 Å².